The van der Waals surface area contributed by atoms with Crippen molar-refractivity contribution in [3.63, 3.8) is 0 Å². The molecule has 0 heterocycles. The average molecular weight is 362 g/mol. The summed E-state index contributed by atoms with van der Waals surface area (Å²) < 4.78 is 5.17. The summed E-state index contributed by atoms with van der Waals surface area (Å²) in [5.41, 5.74) is 2.05. The fourth-order valence-corrected chi connectivity index (χ4v) is 3.76. The van der Waals surface area contributed by atoms with Gasteiger partial charge in [-0.25, -0.2) is 0 Å². The van der Waals surface area contributed by atoms with Crippen LogP contribution in [0.15, 0.2) is 89.1 Å². The van der Waals surface area contributed by atoms with Crippen LogP contribution in [0.4, 0.5) is 0 Å². The third-order valence-electron chi connectivity index (χ3n) is 5.15. The highest BCUT2D eigenvalue weighted by molar-refractivity contribution is 6.25. The molecule has 0 atom stereocenters. The molecule has 0 fully saturated rings. The lowest BCUT2D eigenvalue weighted by Gasteiger charge is -2.11. The molecule has 0 aliphatic rings. The van der Waals surface area contributed by atoms with Crippen molar-refractivity contribution < 1.29 is 4.74 Å². The molecule has 0 saturated carbocycles. The van der Waals surface area contributed by atoms with Gasteiger partial charge in [0.2, 0.25) is 0 Å². The first-order chi connectivity index (χ1) is 13.8. The molecule has 0 spiro atoms. The van der Waals surface area contributed by atoms with Crippen molar-refractivity contribution >= 4 is 44.7 Å². The predicted octanol–water partition coefficient (Wildman–Crippen LogP) is 6.05. The number of nitrogens with zero attached hydrogens (tertiary/aromatic N) is 2. The first-order valence-electron chi connectivity index (χ1n) is 9.20. The maximum absolute atomic E-state index is 5.17. The van der Waals surface area contributed by atoms with Gasteiger partial charge in [0.05, 0.1) is 19.5 Å². The van der Waals surface area contributed by atoms with E-state index in [1.807, 2.05) is 30.5 Å². The summed E-state index contributed by atoms with van der Waals surface area (Å²) in [4.78, 5) is 0. The van der Waals surface area contributed by atoms with Crippen molar-refractivity contribution in [3.05, 3.63) is 90.0 Å². The highest BCUT2D eigenvalue weighted by atomic mass is 16.5. The third kappa shape index (κ3) is 2.78. The Morgan fingerprint density at radius 1 is 0.643 bits per heavy atom. The van der Waals surface area contributed by atoms with E-state index >= 15 is 0 Å². The Morgan fingerprint density at radius 2 is 1.29 bits per heavy atom. The van der Waals surface area contributed by atoms with Crippen LogP contribution in [0.5, 0.6) is 5.75 Å². The zero-order valence-corrected chi connectivity index (χ0v) is 15.5. The van der Waals surface area contributed by atoms with Crippen LogP contribution in [0.25, 0.3) is 32.3 Å². The monoisotopic (exact) mass is 362 g/mol. The number of hydrogen-bond acceptors (Lipinski definition) is 3. The highest BCUT2D eigenvalue weighted by Crippen LogP contribution is 2.35. The van der Waals surface area contributed by atoms with Crippen LogP contribution >= 0.6 is 0 Å². The van der Waals surface area contributed by atoms with Crippen LogP contribution in [0.2, 0.25) is 0 Å². The Balaban J connectivity index is 1.53. The molecular formula is C25H18N2O. The van der Waals surface area contributed by atoms with Crippen molar-refractivity contribution in [1.82, 2.24) is 0 Å². The molecule has 5 aromatic rings. The molecule has 5 rings (SSSR count). The van der Waals surface area contributed by atoms with E-state index in [-0.39, 0.29) is 0 Å². The summed E-state index contributed by atoms with van der Waals surface area (Å²) in [6.07, 6.45) is 3.57. The van der Waals surface area contributed by atoms with Gasteiger partial charge in [0.1, 0.15) is 5.75 Å². The standard InChI is InChI=1S/C25H18N2O/c1-28-22-12-5-17(6-13-22)15-26-27-16-21-10-9-20-8-7-18-3-2-4-19-11-14-23(21)25(20)24(18)19/h2-16H,1H3/b26-15+,27-16+. The van der Waals surface area contributed by atoms with E-state index in [9.17, 15) is 0 Å². The van der Waals surface area contributed by atoms with Crippen LogP contribution in [0.1, 0.15) is 11.1 Å². The molecule has 3 heteroatoms. The molecule has 0 radical (unpaired) electrons. The molecule has 134 valence electrons. The second kappa shape index (κ2) is 6.78. The number of hydrogen-bond donors (Lipinski definition) is 0. The minimum absolute atomic E-state index is 0.828. The van der Waals surface area contributed by atoms with Crippen LogP contribution in [0, 0.1) is 0 Å². The molecule has 0 aliphatic heterocycles. The molecule has 5 aromatic carbocycles. The maximum Gasteiger partial charge on any atom is 0.118 e. The van der Waals surface area contributed by atoms with Crippen molar-refractivity contribution in [2.24, 2.45) is 10.2 Å². The first kappa shape index (κ1) is 16.5. The quantitative estimate of drug-likeness (QED) is 0.218. The number of methoxy groups -OCH3 is 1. The van der Waals surface area contributed by atoms with Crippen molar-refractivity contribution in [2.45, 2.75) is 0 Å². The summed E-state index contributed by atoms with van der Waals surface area (Å²) >= 11 is 0. The Hall–Kier alpha value is -3.72. The summed E-state index contributed by atoms with van der Waals surface area (Å²) in [6, 6.07) is 27.2. The van der Waals surface area contributed by atoms with Gasteiger partial charge in [-0.05, 0) is 62.1 Å². The highest BCUT2D eigenvalue weighted by Gasteiger charge is 2.09. The topological polar surface area (TPSA) is 34.0 Å². The minimum atomic E-state index is 0.828. The Morgan fingerprint density at radius 3 is 2.04 bits per heavy atom. The van der Waals surface area contributed by atoms with Gasteiger partial charge >= 0.3 is 0 Å². The molecule has 0 saturated heterocycles. The lowest BCUT2D eigenvalue weighted by molar-refractivity contribution is 0.415. The fourth-order valence-electron chi connectivity index (χ4n) is 3.76. The van der Waals surface area contributed by atoms with Crippen molar-refractivity contribution in [3.8, 4) is 5.75 Å². The van der Waals surface area contributed by atoms with E-state index in [1.54, 1.807) is 13.3 Å². The minimum Gasteiger partial charge on any atom is -0.497 e. The van der Waals surface area contributed by atoms with E-state index in [0.717, 1.165) is 16.9 Å². The molecule has 28 heavy (non-hydrogen) atoms. The van der Waals surface area contributed by atoms with Gasteiger partial charge in [0, 0.05) is 5.56 Å². The number of ether oxygens (including phenoxy) is 1. The molecule has 0 unspecified atom stereocenters. The molecule has 0 amide bonds. The number of rotatable bonds is 4. The van der Waals surface area contributed by atoms with Crippen molar-refractivity contribution in [1.29, 1.82) is 0 Å². The van der Waals surface area contributed by atoms with E-state index in [2.05, 4.69) is 64.8 Å². The van der Waals surface area contributed by atoms with E-state index in [0.29, 0.717) is 0 Å². The van der Waals surface area contributed by atoms with E-state index in [1.165, 1.54) is 32.3 Å². The Bertz CT molecular complexity index is 1320. The van der Waals surface area contributed by atoms with E-state index < -0.39 is 0 Å². The van der Waals surface area contributed by atoms with Crippen LogP contribution in [-0.4, -0.2) is 19.5 Å². The Kier molecular flexibility index (Phi) is 3.99. The Labute approximate surface area is 162 Å². The molecule has 0 aliphatic carbocycles. The predicted molar refractivity (Wildman–Crippen MR) is 118 cm³/mol. The smallest absolute Gasteiger partial charge is 0.118 e. The lowest BCUT2D eigenvalue weighted by atomic mass is 9.92. The van der Waals surface area contributed by atoms with Gasteiger partial charge in [-0.2, -0.15) is 10.2 Å². The average Bonchev–Trinajstić information content (AvgIpc) is 2.76. The van der Waals surface area contributed by atoms with E-state index in [4.69, 9.17) is 4.74 Å². The maximum atomic E-state index is 5.17. The van der Waals surface area contributed by atoms with Gasteiger partial charge in [0.15, 0.2) is 0 Å². The zero-order valence-electron chi connectivity index (χ0n) is 15.5. The second-order valence-corrected chi connectivity index (χ2v) is 6.77. The lowest BCUT2D eigenvalue weighted by Crippen LogP contribution is -1.89. The summed E-state index contributed by atoms with van der Waals surface area (Å²) in [6.45, 7) is 0. The normalized spacial score (nSPS) is 12.2. The van der Waals surface area contributed by atoms with Gasteiger partial charge < -0.3 is 4.74 Å². The van der Waals surface area contributed by atoms with Gasteiger partial charge in [-0.3, -0.25) is 0 Å². The molecule has 0 N–H and O–H groups in total. The largest absolute Gasteiger partial charge is 0.497 e. The fraction of sp³-hybridized carbons (Fsp3) is 0.0400. The first-order valence-corrected chi connectivity index (χ1v) is 9.20. The zero-order chi connectivity index (χ0) is 18.9. The second-order valence-electron chi connectivity index (χ2n) is 6.77. The molecule has 3 nitrogen and oxygen atoms in total. The summed E-state index contributed by atoms with van der Waals surface area (Å²) in [5, 5.41) is 16.1. The van der Waals surface area contributed by atoms with Crippen LogP contribution in [0.3, 0.4) is 0 Å². The van der Waals surface area contributed by atoms with Gasteiger partial charge in [-0.15, -0.1) is 0 Å². The number of benzene rings is 5. The molecule has 0 aromatic heterocycles. The third-order valence-corrected chi connectivity index (χ3v) is 5.15. The summed E-state index contributed by atoms with van der Waals surface area (Å²) in [7, 11) is 1.66. The van der Waals surface area contributed by atoms with Crippen LogP contribution < -0.4 is 4.74 Å². The van der Waals surface area contributed by atoms with Gasteiger partial charge in [-0.1, -0.05) is 54.6 Å². The SMILES string of the molecule is COc1ccc(/C=N/N=C/c2ccc3ccc4cccc5ccc2c3c45)cc1. The van der Waals surface area contributed by atoms with Crippen molar-refractivity contribution in [2.75, 3.05) is 7.11 Å². The molecule has 0 bridgehead atoms. The molecular weight excluding hydrogens is 344 g/mol. The van der Waals surface area contributed by atoms with Crippen LogP contribution in [-0.2, 0) is 0 Å². The van der Waals surface area contributed by atoms with Gasteiger partial charge in [0.25, 0.3) is 0 Å². The summed E-state index contributed by atoms with van der Waals surface area (Å²) in [5.74, 6) is 0.828.